The van der Waals surface area contributed by atoms with E-state index in [1.165, 1.54) is 0 Å². The molecule has 1 atom stereocenters. The Bertz CT molecular complexity index is 857. The maximum absolute atomic E-state index is 6.19. The fraction of sp³-hybridized carbons (Fsp3) is 0.444. The van der Waals surface area contributed by atoms with Crippen LogP contribution in [-0.4, -0.2) is 41.6 Å². The summed E-state index contributed by atoms with van der Waals surface area (Å²) in [5, 5.41) is 1.08. The predicted molar refractivity (Wildman–Crippen MR) is 94.9 cm³/mol. The van der Waals surface area contributed by atoms with E-state index in [-0.39, 0.29) is 0 Å². The van der Waals surface area contributed by atoms with Crippen LogP contribution in [0.1, 0.15) is 19.5 Å². The average molecular weight is 328 g/mol. The predicted octanol–water partition coefficient (Wildman–Crippen LogP) is 2.44. The van der Waals surface area contributed by atoms with Crippen molar-refractivity contribution in [3.8, 4) is 0 Å². The van der Waals surface area contributed by atoms with Gasteiger partial charge in [-0.05, 0) is 6.07 Å². The number of benzene rings is 1. The molecule has 0 spiro atoms. The van der Waals surface area contributed by atoms with Crippen molar-refractivity contribution in [3.63, 3.8) is 0 Å². The molecule has 3 rings (SSSR count). The number of pyridine rings is 1. The van der Waals surface area contributed by atoms with Crippen LogP contribution in [0.2, 0.25) is 0 Å². The highest BCUT2D eigenvalue weighted by atomic mass is 16.5. The van der Waals surface area contributed by atoms with Gasteiger partial charge in [0.1, 0.15) is 11.7 Å². The van der Waals surface area contributed by atoms with Crippen LogP contribution >= 0.6 is 0 Å². The van der Waals surface area contributed by atoms with Crippen molar-refractivity contribution in [1.29, 1.82) is 0 Å². The molecule has 0 saturated heterocycles. The summed E-state index contributed by atoms with van der Waals surface area (Å²) in [6.45, 7) is 5.42. The minimum Gasteiger partial charge on any atom is -0.383 e. The van der Waals surface area contributed by atoms with Crippen molar-refractivity contribution in [2.45, 2.75) is 32.0 Å². The number of hydrogen-bond acceptors (Lipinski definition) is 5. The zero-order valence-electron chi connectivity index (χ0n) is 14.6. The average Bonchev–Trinajstić information content (AvgIpc) is 3.02. The Morgan fingerprint density at radius 1 is 1.25 bits per heavy atom. The number of nitrogens with two attached hydrogens (primary N) is 1. The molecule has 128 valence electrons. The maximum atomic E-state index is 6.19. The number of hydrogen-bond donors (Lipinski definition) is 1. The fourth-order valence-electron chi connectivity index (χ4n) is 3.02. The summed E-state index contributed by atoms with van der Waals surface area (Å²) in [6.07, 6.45) is 1.37. The topological polar surface area (TPSA) is 75.2 Å². The SMILES string of the molecule is COCCn1cnc2c(C(C)(C)C(N)OC)nc3ccccc3c21. The molecule has 2 aromatic heterocycles. The molecule has 0 saturated carbocycles. The second-order valence-corrected chi connectivity index (χ2v) is 6.48. The quantitative estimate of drug-likeness (QED) is 0.703. The summed E-state index contributed by atoms with van der Waals surface area (Å²) in [5.74, 6) is 0. The van der Waals surface area contributed by atoms with Gasteiger partial charge in [0.15, 0.2) is 0 Å². The Morgan fingerprint density at radius 2 is 2.00 bits per heavy atom. The standard InChI is InChI=1S/C18H24N4O2/c1-18(2,17(19)24-4)16-14-15(22(11-20-14)9-10-23-3)12-7-5-6-8-13(12)21-16/h5-8,11,17H,9-10,19H2,1-4H3. The third-order valence-corrected chi connectivity index (χ3v) is 4.57. The Hall–Kier alpha value is -2.02. The smallest absolute Gasteiger partial charge is 0.116 e. The molecular formula is C18H24N4O2. The first kappa shape index (κ1) is 16.8. The fourth-order valence-corrected chi connectivity index (χ4v) is 3.02. The summed E-state index contributed by atoms with van der Waals surface area (Å²) < 4.78 is 12.7. The summed E-state index contributed by atoms with van der Waals surface area (Å²) in [5.41, 5.74) is 9.41. The van der Waals surface area contributed by atoms with Gasteiger partial charge in [-0.3, -0.25) is 0 Å². The van der Waals surface area contributed by atoms with Gasteiger partial charge in [0.2, 0.25) is 0 Å². The summed E-state index contributed by atoms with van der Waals surface area (Å²) in [6, 6.07) is 8.09. The molecule has 0 aliphatic carbocycles. The molecule has 2 heterocycles. The molecule has 1 unspecified atom stereocenters. The van der Waals surface area contributed by atoms with Crippen molar-refractivity contribution in [1.82, 2.24) is 14.5 Å². The van der Waals surface area contributed by atoms with Gasteiger partial charge in [-0.25, -0.2) is 9.97 Å². The van der Waals surface area contributed by atoms with Crippen LogP contribution < -0.4 is 5.73 Å². The number of imidazole rings is 1. The lowest BCUT2D eigenvalue weighted by Gasteiger charge is -2.30. The molecule has 24 heavy (non-hydrogen) atoms. The lowest BCUT2D eigenvalue weighted by Crippen LogP contribution is -2.43. The summed E-state index contributed by atoms with van der Waals surface area (Å²) >= 11 is 0. The van der Waals surface area contributed by atoms with Crippen LogP contribution in [0, 0.1) is 0 Å². The van der Waals surface area contributed by atoms with Crippen molar-refractivity contribution < 1.29 is 9.47 Å². The monoisotopic (exact) mass is 328 g/mol. The van der Waals surface area contributed by atoms with Gasteiger partial charge in [0.25, 0.3) is 0 Å². The van der Waals surface area contributed by atoms with Crippen LogP contribution in [0.15, 0.2) is 30.6 Å². The number of rotatable bonds is 6. The zero-order valence-corrected chi connectivity index (χ0v) is 14.6. The molecule has 2 N–H and O–H groups in total. The van der Waals surface area contributed by atoms with Gasteiger partial charge in [-0.15, -0.1) is 0 Å². The number of para-hydroxylation sites is 1. The maximum Gasteiger partial charge on any atom is 0.116 e. The first-order valence-electron chi connectivity index (χ1n) is 8.02. The van der Waals surface area contributed by atoms with Crippen LogP contribution in [0.3, 0.4) is 0 Å². The zero-order chi connectivity index (χ0) is 17.3. The normalized spacial score (nSPS) is 13.7. The van der Waals surface area contributed by atoms with Gasteiger partial charge in [-0.2, -0.15) is 0 Å². The number of ether oxygens (including phenoxy) is 2. The number of fused-ring (bicyclic) bond motifs is 3. The van der Waals surface area contributed by atoms with E-state index >= 15 is 0 Å². The van der Waals surface area contributed by atoms with Gasteiger partial charge in [0.05, 0.1) is 29.7 Å². The second kappa shape index (κ2) is 6.47. The first-order valence-corrected chi connectivity index (χ1v) is 8.02. The molecule has 3 aromatic rings. The molecule has 0 amide bonds. The largest absolute Gasteiger partial charge is 0.383 e. The molecule has 0 radical (unpaired) electrons. The van der Waals surface area contributed by atoms with E-state index in [0.717, 1.165) is 34.2 Å². The highest BCUT2D eigenvalue weighted by Gasteiger charge is 2.33. The van der Waals surface area contributed by atoms with Crippen molar-refractivity contribution in [2.24, 2.45) is 5.73 Å². The Kier molecular flexibility index (Phi) is 4.54. The van der Waals surface area contributed by atoms with E-state index in [9.17, 15) is 0 Å². The van der Waals surface area contributed by atoms with Crippen LogP contribution in [0.25, 0.3) is 21.9 Å². The van der Waals surface area contributed by atoms with Gasteiger partial charge in [-0.1, -0.05) is 32.0 Å². The van der Waals surface area contributed by atoms with E-state index < -0.39 is 11.6 Å². The molecular weight excluding hydrogens is 304 g/mol. The van der Waals surface area contributed by atoms with Crippen LogP contribution in [0.4, 0.5) is 0 Å². The first-order chi connectivity index (χ1) is 11.5. The van der Waals surface area contributed by atoms with E-state index in [4.69, 9.17) is 20.2 Å². The number of aromatic nitrogens is 3. The van der Waals surface area contributed by atoms with Crippen LogP contribution in [-0.2, 0) is 21.4 Å². The van der Waals surface area contributed by atoms with Gasteiger partial charge in [0, 0.05) is 31.6 Å². The van der Waals surface area contributed by atoms with Crippen molar-refractivity contribution in [2.75, 3.05) is 20.8 Å². The molecule has 0 aliphatic rings. The van der Waals surface area contributed by atoms with Gasteiger partial charge >= 0.3 is 0 Å². The summed E-state index contributed by atoms with van der Waals surface area (Å²) in [4.78, 5) is 9.51. The number of methoxy groups -OCH3 is 2. The van der Waals surface area contributed by atoms with Crippen LogP contribution in [0.5, 0.6) is 0 Å². The molecule has 1 aromatic carbocycles. The molecule has 6 heteroatoms. The highest BCUT2D eigenvalue weighted by Crippen LogP contribution is 2.34. The molecule has 0 aliphatic heterocycles. The van der Waals surface area contributed by atoms with E-state index in [0.29, 0.717) is 6.61 Å². The lowest BCUT2D eigenvalue weighted by molar-refractivity contribution is 0.0500. The minimum atomic E-state index is -0.475. The Labute approximate surface area is 141 Å². The molecule has 6 nitrogen and oxygen atoms in total. The minimum absolute atomic E-state index is 0.474. The van der Waals surface area contributed by atoms with E-state index in [2.05, 4.69) is 15.6 Å². The lowest BCUT2D eigenvalue weighted by atomic mass is 9.85. The molecule has 0 fully saturated rings. The van der Waals surface area contributed by atoms with Gasteiger partial charge < -0.3 is 19.8 Å². The number of nitrogens with zero attached hydrogens (tertiary/aromatic N) is 3. The summed E-state index contributed by atoms with van der Waals surface area (Å²) in [7, 11) is 3.31. The van der Waals surface area contributed by atoms with Crippen molar-refractivity contribution in [3.05, 3.63) is 36.3 Å². The third-order valence-electron chi connectivity index (χ3n) is 4.57. The second-order valence-electron chi connectivity index (χ2n) is 6.48. The molecule has 0 bridgehead atoms. The Morgan fingerprint density at radius 3 is 2.71 bits per heavy atom. The third kappa shape index (κ3) is 2.66. The van der Waals surface area contributed by atoms with E-state index in [1.54, 1.807) is 14.2 Å². The van der Waals surface area contributed by atoms with E-state index in [1.807, 2.05) is 38.4 Å². The Balaban J connectivity index is 2.32. The highest BCUT2D eigenvalue weighted by molar-refractivity contribution is 6.03. The van der Waals surface area contributed by atoms with Crippen molar-refractivity contribution >= 4 is 21.9 Å².